The second-order valence-corrected chi connectivity index (χ2v) is 9.76. The van der Waals surface area contributed by atoms with Gasteiger partial charge in [-0.3, -0.25) is 9.78 Å². The first kappa shape index (κ1) is 22.2. The third kappa shape index (κ3) is 5.26. The SMILES string of the molecule is Cc1cccc(S(=O)(=O)NCCC(=O)N2CCC(Oc3cccc4cccnc34)CC2)c1. The molecule has 1 aromatic heterocycles. The molecule has 0 spiro atoms. The number of benzene rings is 2. The second-order valence-electron chi connectivity index (χ2n) is 7.99. The van der Waals surface area contributed by atoms with Crippen LogP contribution in [0, 0.1) is 6.92 Å². The molecule has 3 aromatic rings. The van der Waals surface area contributed by atoms with Crippen LogP contribution in [0.4, 0.5) is 0 Å². The van der Waals surface area contributed by atoms with Crippen LogP contribution in [0.3, 0.4) is 0 Å². The van der Waals surface area contributed by atoms with E-state index in [2.05, 4.69) is 9.71 Å². The highest BCUT2D eigenvalue weighted by Gasteiger charge is 2.24. The molecule has 168 valence electrons. The van der Waals surface area contributed by atoms with E-state index in [4.69, 9.17) is 4.74 Å². The molecule has 0 saturated carbocycles. The van der Waals surface area contributed by atoms with Gasteiger partial charge < -0.3 is 9.64 Å². The number of hydrogen-bond donors (Lipinski definition) is 1. The van der Waals surface area contributed by atoms with E-state index < -0.39 is 10.0 Å². The summed E-state index contributed by atoms with van der Waals surface area (Å²) < 4.78 is 33.5. The number of hydrogen-bond acceptors (Lipinski definition) is 5. The number of fused-ring (bicyclic) bond motifs is 1. The number of carbonyl (C=O) groups is 1. The van der Waals surface area contributed by atoms with Crippen molar-refractivity contribution in [3.8, 4) is 5.75 Å². The minimum Gasteiger partial charge on any atom is -0.488 e. The molecule has 0 radical (unpaired) electrons. The van der Waals surface area contributed by atoms with Crippen LogP contribution < -0.4 is 9.46 Å². The predicted octanol–water partition coefficient (Wildman–Crippen LogP) is 3.28. The molecule has 2 heterocycles. The third-order valence-electron chi connectivity index (χ3n) is 5.61. The van der Waals surface area contributed by atoms with E-state index in [1.807, 2.05) is 43.3 Å². The number of nitrogens with zero attached hydrogens (tertiary/aromatic N) is 2. The van der Waals surface area contributed by atoms with Gasteiger partial charge in [-0.15, -0.1) is 0 Å². The van der Waals surface area contributed by atoms with E-state index in [1.165, 1.54) is 0 Å². The number of piperidine rings is 1. The zero-order valence-electron chi connectivity index (χ0n) is 18.0. The molecular weight excluding hydrogens is 426 g/mol. The van der Waals surface area contributed by atoms with E-state index >= 15 is 0 Å². The van der Waals surface area contributed by atoms with E-state index in [-0.39, 0.29) is 29.9 Å². The number of carbonyl (C=O) groups excluding carboxylic acids is 1. The lowest BCUT2D eigenvalue weighted by Crippen LogP contribution is -2.42. The van der Waals surface area contributed by atoms with Gasteiger partial charge in [-0.05, 0) is 36.8 Å². The van der Waals surface area contributed by atoms with Crippen molar-refractivity contribution in [2.24, 2.45) is 0 Å². The summed E-state index contributed by atoms with van der Waals surface area (Å²) in [6.07, 6.45) is 3.35. The van der Waals surface area contributed by atoms with Gasteiger partial charge in [0.2, 0.25) is 15.9 Å². The summed E-state index contributed by atoms with van der Waals surface area (Å²) in [5.74, 6) is 0.709. The lowest BCUT2D eigenvalue weighted by atomic mass is 10.1. The number of para-hydroxylation sites is 1. The van der Waals surface area contributed by atoms with Crippen LogP contribution in [-0.4, -0.2) is 49.9 Å². The maximum atomic E-state index is 12.6. The summed E-state index contributed by atoms with van der Waals surface area (Å²) in [6, 6.07) is 16.5. The molecule has 0 aliphatic carbocycles. The number of pyridine rings is 1. The minimum atomic E-state index is -3.62. The number of aromatic nitrogens is 1. The number of amides is 1. The first-order chi connectivity index (χ1) is 15.4. The molecule has 1 N–H and O–H groups in total. The Hall–Kier alpha value is -2.97. The molecule has 1 fully saturated rings. The fraction of sp³-hybridized carbons (Fsp3) is 0.333. The van der Waals surface area contributed by atoms with Gasteiger partial charge in [-0.25, -0.2) is 13.1 Å². The van der Waals surface area contributed by atoms with Gasteiger partial charge in [-0.2, -0.15) is 0 Å². The minimum absolute atomic E-state index is 0.0199. The Morgan fingerprint density at radius 3 is 2.66 bits per heavy atom. The second kappa shape index (κ2) is 9.67. The average molecular weight is 454 g/mol. The zero-order chi connectivity index (χ0) is 22.6. The van der Waals surface area contributed by atoms with Crippen molar-refractivity contribution < 1.29 is 17.9 Å². The molecule has 7 nitrogen and oxygen atoms in total. The van der Waals surface area contributed by atoms with Crippen molar-refractivity contribution in [1.82, 2.24) is 14.6 Å². The molecule has 2 aromatic carbocycles. The Balaban J connectivity index is 1.26. The Morgan fingerprint density at radius 2 is 1.88 bits per heavy atom. The molecular formula is C24H27N3O4S. The van der Waals surface area contributed by atoms with Gasteiger partial charge in [0.25, 0.3) is 0 Å². The summed E-state index contributed by atoms with van der Waals surface area (Å²) in [4.78, 5) is 19.0. The van der Waals surface area contributed by atoms with Gasteiger partial charge in [0.05, 0.1) is 4.90 Å². The maximum absolute atomic E-state index is 12.6. The third-order valence-corrected chi connectivity index (χ3v) is 7.07. The van der Waals surface area contributed by atoms with Gasteiger partial charge >= 0.3 is 0 Å². The van der Waals surface area contributed by atoms with Crippen molar-refractivity contribution in [3.63, 3.8) is 0 Å². The highest BCUT2D eigenvalue weighted by Crippen LogP contribution is 2.26. The summed E-state index contributed by atoms with van der Waals surface area (Å²) >= 11 is 0. The molecule has 0 bridgehead atoms. The van der Waals surface area contributed by atoms with E-state index in [1.54, 1.807) is 29.3 Å². The molecule has 0 unspecified atom stereocenters. The smallest absolute Gasteiger partial charge is 0.240 e. The highest BCUT2D eigenvalue weighted by atomic mass is 32.2. The van der Waals surface area contributed by atoms with Crippen LogP contribution in [0.2, 0.25) is 0 Å². The first-order valence-electron chi connectivity index (χ1n) is 10.8. The number of likely N-dealkylation sites (tertiary alicyclic amines) is 1. The molecule has 1 saturated heterocycles. The zero-order valence-corrected chi connectivity index (χ0v) is 18.8. The Bertz CT molecular complexity index is 1200. The largest absolute Gasteiger partial charge is 0.488 e. The van der Waals surface area contributed by atoms with Crippen molar-refractivity contribution in [2.75, 3.05) is 19.6 Å². The van der Waals surface area contributed by atoms with Gasteiger partial charge in [-0.1, -0.05) is 30.3 Å². The van der Waals surface area contributed by atoms with Crippen LogP contribution in [0.1, 0.15) is 24.8 Å². The number of nitrogens with one attached hydrogen (secondary N) is 1. The van der Waals surface area contributed by atoms with Crippen LogP contribution in [0.5, 0.6) is 5.75 Å². The van der Waals surface area contributed by atoms with Gasteiger partial charge in [0.15, 0.2) is 0 Å². The standard InChI is InChI=1S/C24H27N3O4S/c1-18-5-2-8-21(17-18)32(29,30)26-14-10-23(28)27-15-11-20(12-16-27)31-22-9-3-6-19-7-4-13-25-24(19)22/h2-9,13,17,20,26H,10-12,14-16H2,1H3. The Labute approximate surface area is 188 Å². The monoisotopic (exact) mass is 453 g/mol. The maximum Gasteiger partial charge on any atom is 0.240 e. The van der Waals surface area contributed by atoms with Gasteiger partial charge in [0, 0.05) is 50.5 Å². The molecule has 4 rings (SSSR count). The lowest BCUT2D eigenvalue weighted by Gasteiger charge is -2.32. The Kier molecular flexibility index (Phi) is 6.72. The molecule has 32 heavy (non-hydrogen) atoms. The first-order valence-corrected chi connectivity index (χ1v) is 12.3. The van der Waals surface area contributed by atoms with Crippen molar-refractivity contribution in [3.05, 3.63) is 66.4 Å². The molecule has 0 atom stereocenters. The lowest BCUT2D eigenvalue weighted by molar-refractivity contribution is -0.132. The molecule has 1 aliphatic rings. The van der Waals surface area contributed by atoms with E-state index in [0.717, 1.165) is 35.1 Å². The molecule has 1 aliphatic heterocycles. The summed E-state index contributed by atoms with van der Waals surface area (Å²) in [5, 5.41) is 1.03. The van der Waals surface area contributed by atoms with Crippen LogP contribution in [-0.2, 0) is 14.8 Å². The van der Waals surface area contributed by atoms with Crippen molar-refractivity contribution in [1.29, 1.82) is 0 Å². The number of aryl methyl sites for hydroxylation is 1. The topological polar surface area (TPSA) is 88.6 Å². The number of rotatable bonds is 7. The van der Waals surface area contributed by atoms with Crippen molar-refractivity contribution >= 4 is 26.8 Å². The molecule has 1 amide bonds. The average Bonchev–Trinajstić information content (AvgIpc) is 2.80. The summed E-state index contributed by atoms with van der Waals surface area (Å²) in [5.41, 5.74) is 1.71. The summed E-state index contributed by atoms with van der Waals surface area (Å²) in [7, 11) is -3.62. The van der Waals surface area contributed by atoms with Crippen LogP contribution in [0.25, 0.3) is 10.9 Å². The summed E-state index contributed by atoms with van der Waals surface area (Å²) in [6.45, 7) is 3.10. The molecule has 8 heteroatoms. The fourth-order valence-corrected chi connectivity index (χ4v) is 5.03. The van der Waals surface area contributed by atoms with E-state index in [0.29, 0.717) is 13.1 Å². The van der Waals surface area contributed by atoms with Crippen LogP contribution >= 0.6 is 0 Å². The van der Waals surface area contributed by atoms with E-state index in [9.17, 15) is 13.2 Å². The quantitative estimate of drug-likeness (QED) is 0.593. The van der Waals surface area contributed by atoms with Gasteiger partial charge in [0.1, 0.15) is 17.4 Å². The fourth-order valence-electron chi connectivity index (χ4n) is 3.89. The van der Waals surface area contributed by atoms with Crippen LogP contribution in [0.15, 0.2) is 65.7 Å². The highest BCUT2D eigenvalue weighted by molar-refractivity contribution is 7.89. The van der Waals surface area contributed by atoms with Crippen molar-refractivity contribution in [2.45, 2.75) is 37.2 Å². The number of ether oxygens (including phenoxy) is 1. The predicted molar refractivity (Wildman–Crippen MR) is 123 cm³/mol. The Morgan fingerprint density at radius 1 is 1.12 bits per heavy atom. The normalized spacial score (nSPS) is 15.1. The number of sulfonamides is 1.